The third-order valence-electron chi connectivity index (χ3n) is 4.81. The largest absolute Gasteiger partial charge is 0.358 e. The molecule has 3 aromatic rings. The van der Waals surface area contributed by atoms with E-state index < -0.39 is 0 Å². The zero-order chi connectivity index (χ0) is 21.5. The Morgan fingerprint density at radius 1 is 1.23 bits per heavy atom. The van der Waals surface area contributed by atoms with E-state index >= 15 is 0 Å². The average Bonchev–Trinajstić information content (AvgIpc) is 2.79. The first-order chi connectivity index (χ1) is 15.2. The number of thiocarbonyl (C=S) groups is 1. The van der Waals surface area contributed by atoms with Gasteiger partial charge in [-0.05, 0) is 60.4 Å². The van der Waals surface area contributed by atoms with E-state index in [1.54, 1.807) is 30.9 Å². The van der Waals surface area contributed by atoms with Gasteiger partial charge >= 0.3 is 0 Å². The van der Waals surface area contributed by atoms with Crippen molar-refractivity contribution < 1.29 is 0 Å². The summed E-state index contributed by atoms with van der Waals surface area (Å²) in [7, 11) is 0. The molecule has 10 heteroatoms. The summed E-state index contributed by atoms with van der Waals surface area (Å²) >= 11 is 6.86. The monoisotopic (exact) mass is 452 g/mol. The first-order valence-electron chi connectivity index (χ1n) is 10.2. The normalized spacial score (nSPS) is 16.0. The van der Waals surface area contributed by atoms with Crippen molar-refractivity contribution in [2.45, 2.75) is 36.5 Å². The molecule has 2 N–H and O–H groups in total. The fraction of sp³-hybridized carbons (Fsp3) is 0.333. The van der Waals surface area contributed by atoms with Crippen LogP contribution in [0.3, 0.4) is 0 Å². The van der Waals surface area contributed by atoms with Crippen LogP contribution in [0.15, 0.2) is 59.2 Å². The summed E-state index contributed by atoms with van der Waals surface area (Å²) in [5, 5.41) is 8.17. The number of nitrogens with zero attached hydrogens (tertiary/aromatic N) is 6. The molecule has 1 saturated heterocycles. The molecule has 3 aromatic heterocycles. The van der Waals surface area contributed by atoms with Gasteiger partial charge in [0.25, 0.3) is 0 Å². The van der Waals surface area contributed by atoms with Crippen LogP contribution in [0.5, 0.6) is 0 Å². The molecule has 1 aliphatic rings. The summed E-state index contributed by atoms with van der Waals surface area (Å²) in [6, 6.07) is 7.68. The molecular formula is C21H24N8S2. The number of pyridine rings is 1. The summed E-state index contributed by atoms with van der Waals surface area (Å²) in [5.41, 5.74) is 1.04. The third-order valence-corrected chi connectivity index (χ3v) is 5.87. The van der Waals surface area contributed by atoms with Gasteiger partial charge in [0.2, 0.25) is 5.95 Å². The molecule has 1 atom stereocenters. The van der Waals surface area contributed by atoms with Crippen molar-refractivity contribution in [2.24, 2.45) is 5.92 Å². The Balaban J connectivity index is 1.51. The predicted molar refractivity (Wildman–Crippen MR) is 126 cm³/mol. The Kier molecular flexibility index (Phi) is 7.21. The lowest BCUT2D eigenvalue weighted by Crippen LogP contribution is -2.35. The van der Waals surface area contributed by atoms with Gasteiger partial charge in [-0.3, -0.25) is 4.98 Å². The topological polar surface area (TPSA) is 91.8 Å². The molecule has 1 aliphatic heterocycles. The second-order valence-corrected chi connectivity index (χ2v) is 8.78. The van der Waals surface area contributed by atoms with E-state index in [1.165, 1.54) is 18.2 Å². The maximum Gasteiger partial charge on any atom is 0.232 e. The summed E-state index contributed by atoms with van der Waals surface area (Å²) in [6.07, 6.45) is 9.40. The highest BCUT2D eigenvalue weighted by Crippen LogP contribution is 2.29. The first-order valence-corrected chi connectivity index (χ1v) is 11.4. The van der Waals surface area contributed by atoms with E-state index in [9.17, 15) is 0 Å². The molecule has 31 heavy (non-hydrogen) atoms. The molecule has 4 heterocycles. The van der Waals surface area contributed by atoms with Gasteiger partial charge in [0.05, 0.1) is 0 Å². The maximum absolute atomic E-state index is 5.46. The lowest BCUT2D eigenvalue weighted by Gasteiger charge is -2.32. The minimum absolute atomic E-state index is 0.456. The van der Waals surface area contributed by atoms with E-state index in [4.69, 9.17) is 17.2 Å². The van der Waals surface area contributed by atoms with Crippen molar-refractivity contribution in [3.05, 3.63) is 54.6 Å². The minimum atomic E-state index is 0.456. The van der Waals surface area contributed by atoms with E-state index in [1.807, 2.05) is 18.2 Å². The molecule has 0 amide bonds. The molecule has 1 fully saturated rings. The fourth-order valence-electron chi connectivity index (χ4n) is 3.34. The molecule has 0 aliphatic carbocycles. The van der Waals surface area contributed by atoms with E-state index in [0.717, 1.165) is 35.9 Å². The summed E-state index contributed by atoms with van der Waals surface area (Å²) in [5.74, 6) is 1.98. The van der Waals surface area contributed by atoms with Crippen molar-refractivity contribution in [1.82, 2.24) is 30.2 Å². The van der Waals surface area contributed by atoms with Crippen molar-refractivity contribution in [2.75, 3.05) is 23.3 Å². The Hall–Kier alpha value is -2.85. The van der Waals surface area contributed by atoms with Crippen molar-refractivity contribution in [3.8, 4) is 0 Å². The van der Waals surface area contributed by atoms with Crippen LogP contribution in [-0.4, -0.2) is 43.1 Å². The summed E-state index contributed by atoms with van der Waals surface area (Å²) in [4.78, 5) is 24.4. The second-order valence-electron chi connectivity index (χ2n) is 7.38. The molecule has 0 unspecified atom stereocenters. The summed E-state index contributed by atoms with van der Waals surface area (Å²) in [6.45, 7) is 4.81. The lowest BCUT2D eigenvalue weighted by atomic mass is 10.0. The number of nitrogens with one attached hydrogen (secondary N) is 2. The molecule has 4 rings (SSSR count). The van der Waals surface area contributed by atoms with Crippen LogP contribution in [-0.2, 0) is 6.54 Å². The van der Waals surface area contributed by atoms with Gasteiger partial charge in [-0.15, -0.1) is 0 Å². The highest BCUT2D eigenvalue weighted by molar-refractivity contribution is 7.99. The van der Waals surface area contributed by atoms with Crippen LogP contribution in [0.4, 0.5) is 11.8 Å². The Labute approximate surface area is 191 Å². The van der Waals surface area contributed by atoms with E-state index in [2.05, 4.69) is 42.4 Å². The van der Waals surface area contributed by atoms with Gasteiger partial charge in [0.15, 0.2) is 10.3 Å². The van der Waals surface area contributed by atoms with Crippen LogP contribution in [0.1, 0.15) is 25.3 Å². The molecule has 0 spiro atoms. The third kappa shape index (κ3) is 6.31. The number of hydrogen-bond acceptors (Lipinski definition) is 8. The number of piperidine rings is 1. The quantitative estimate of drug-likeness (QED) is 0.329. The predicted octanol–water partition coefficient (Wildman–Crippen LogP) is 3.54. The molecule has 160 valence electrons. The van der Waals surface area contributed by atoms with Crippen LogP contribution < -0.4 is 15.5 Å². The Morgan fingerprint density at radius 2 is 2.10 bits per heavy atom. The number of hydrogen-bond donors (Lipinski definition) is 2. The van der Waals surface area contributed by atoms with Gasteiger partial charge < -0.3 is 15.5 Å². The van der Waals surface area contributed by atoms with Gasteiger partial charge in [-0.1, -0.05) is 13.0 Å². The molecule has 0 radical (unpaired) electrons. The molecule has 8 nitrogen and oxygen atoms in total. The number of rotatable bonds is 6. The van der Waals surface area contributed by atoms with Crippen LogP contribution >= 0.6 is 24.0 Å². The van der Waals surface area contributed by atoms with Crippen molar-refractivity contribution in [3.63, 3.8) is 0 Å². The van der Waals surface area contributed by atoms with Crippen LogP contribution in [0.2, 0.25) is 0 Å². The minimum Gasteiger partial charge on any atom is -0.358 e. The van der Waals surface area contributed by atoms with Crippen molar-refractivity contribution >= 4 is 40.9 Å². The number of anilines is 2. The molecule has 0 aromatic carbocycles. The van der Waals surface area contributed by atoms with Crippen molar-refractivity contribution in [1.29, 1.82) is 0 Å². The summed E-state index contributed by atoms with van der Waals surface area (Å²) < 4.78 is 0. The van der Waals surface area contributed by atoms with Crippen LogP contribution in [0, 0.1) is 5.92 Å². The van der Waals surface area contributed by atoms with Gasteiger partial charge in [0.1, 0.15) is 10.8 Å². The van der Waals surface area contributed by atoms with E-state index in [0.29, 0.717) is 28.7 Å². The van der Waals surface area contributed by atoms with Gasteiger partial charge in [-0.25, -0.2) is 15.0 Å². The zero-order valence-corrected chi connectivity index (χ0v) is 18.9. The molecule has 0 bridgehead atoms. The van der Waals surface area contributed by atoms with Crippen LogP contribution in [0.25, 0.3) is 0 Å². The highest BCUT2D eigenvalue weighted by Gasteiger charge is 2.20. The molecular weight excluding hydrogens is 428 g/mol. The first kappa shape index (κ1) is 21.4. The molecule has 0 saturated carbocycles. The lowest BCUT2D eigenvalue weighted by molar-refractivity contribution is 0.444. The smallest absolute Gasteiger partial charge is 0.232 e. The highest BCUT2D eigenvalue weighted by atomic mass is 32.2. The number of aromatic nitrogens is 5. The fourth-order valence-corrected chi connectivity index (χ4v) is 4.22. The van der Waals surface area contributed by atoms with Gasteiger partial charge in [-0.2, -0.15) is 4.98 Å². The standard InChI is InChI=1S/C21H24N8S2/c1-15-5-3-10-29(14-15)17-11-18(31-21-23-8-4-9-24-21)27-19(26-17)28-20(30)25-13-16-6-2-7-22-12-16/h2,4,6-9,11-12,15H,3,5,10,13-14H2,1H3,(H2,25,26,27,28,30)/t15-/m1/s1. The Morgan fingerprint density at radius 3 is 2.87 bits per heavy atom. The SMILES string of the molecule is C[C@@H]1CCCN(c2cc(Sc3ncccn3)nc(NC(=S)NCc3cccnc3)n2)C1. The average molecular weight is 453 g/mol. The Bertz CT molecular complexity index is 1000. The maximum atomic E-state index is 5.46. The van der Waals surface area contributed by atoms with E-state index in [-0.39, 0.29) is 0 Å². The zero-order valence-electron chi connectivity index (χ0n) is 17.2. The van der Waals surface area contributed by atoms with Gasteiger partial charge in [0, 0.05) is 50.5 Å². The second kappa shape index (κ2) is 10.5.